The second-order valence-corrected chi connectivity index (χ2v) is 8.77. The van der Waals surface area contributed by atoms with Gasteiger partial charge in [0.05, 0.1) is 5.92 Å². The normalized spacial score (nSPS) is 16.5. The van der Waals surface area contributed by atoms with E-state index in [2.05, 4.69) is 5.32 Å². The summed E-state index contributed by atoms with van der Waals surface area (Å²) in [7, 11) is 0. The first-order valence-electron chi connectivity index (χ1n) is 11.6. The number of rotatable bonds is 5. The van der Waals surface area contributed by atoms with Crippen molar-refractivity contribution >= 4 is 35.1 Å². The molecule has 2 aliphatic heterocycles. The van der Waals surface area contributed by atoms with Crippen molar-refractivity contribution in [3.63, 3.8) is 0 Å². The molecule has 0 saturated carbocycles. The third kappa shape index (κ3) is 5.11. The van der Waals surface area contributed by atoms with Crippen LogP contribution in [0.4, 0.5) is 16.2 Å². The number of carbonyl (C=O) groups excluding carboxylic acids is 4. The van der Waals surface area contributed by atoms with E-state index in [1.165, 1.54) is 6.92 Å². The van der Waals surface area contributed by atoms with Gasteiger partial charge in [0.2, 0.25) is 11.7 Å². The molecule has 2 aromatic rings. The molecule has 4 rings (SSSR count). The van der Waals surface area contributed by atoms with Crippen LogP contribution in [0.3, 0.4) is 0 Å². The van der Waals surface area contributed by atoms with Gasteiger partial charge in [0.1, 0.15) is 0 Å². The molecule has 3 amide bonds. The second kappa shape index (κ2) is 10.1. The lowest BCUT2D eigenvalue weighted by atomic mass is 9.97. The van der Waals surface area contributed by atoms with Crippen LogP contribution >= 0.6 is 0 Å². The number of nitrogens with one attached hydrogen (secondary N) is 1. The molecule has 0 bridgehead atoms. The third-order valence-electron chi connectivity index (χ3n) is 6.44. The van der Waals surface area contributed by atoms with Gasteiger partial charge >= 0.3 is 12.0 Å². The topological polar surface area (TPSA) is 96.0 Å². The summed E-state index contributed by atoms with van der Waals surface area (Å²) in [5, 5.41) is 2.85. The monoisotopic (exact) mass is 463 g/mol. The fourth-order valence-electron chi connectivity index (χ4n) is 4.48. The first kappa shape index (κ1) is 23.5. The molecule has 2 aliphatic rings. The number of anilines is 2. The molecule has 8 nitrogen and oxygen atoms in total. The lowest BCUT2D eigenvalue weighted by Crippen LogP contribution is -2.43. The zero-order valence-corrected chi connectivity index (χ0v) is 19.5. The summed E-state index contributed by atoms with van der Waals surface area (Å²) in [5.41, 5.74) is 2.97. The van der Waals surface area contributed by atoms with E-state index in [4.69, 9.17) is 4.74 Å². The number of benzene rings is 2. The van der Waals surface area contributed by atoms with Crippen LogP contribution in [0.1, 0.15) is 42.6 Å². The molecule has 1 atom stereocenters. The van der Waals surface area contributed by atoms with E-state index >= 15 is 0 Å². The van der Waals surface area contributed by atoms with Crippen molar-refractivity contribution in [1.82, 2.24) is 4.90 Å². The maximum atomic E-state index is 12.9. The number of para-hydroxylation sites is 1. The quantitative estimate of drug-likeness (QED) is 0.539. The molecular formula is C26H29N3O5. The lowest BCUT2D eigenvalue weighted by molar-refractivity contribution is -0.152. The zero-order chi connectivity index (χ0) is 24.2. The highest BCUT2D eigenvalue weighted by molar-refractivity contribution is 6.02. The van der Waals surface area contributed by atoms with Gasteiger partial charge < -0.3 is 19.9 Å². The Morgan fingerprint density at radius 3 is 2.38 bits per heavy atom. The number of fused-ring (bicyclic) bond motifs is 1. The van der Waals surface area contributed by atoms with Crippen LogP contribution in [-0.2, 0) is 20.7 Å². The Morgan fingerprint density at radius 2 is 1.71 bits per heavy atom. The number of carbonyl (C=O) groups is 4. The Bertz CT molecular complexity index is 1090. The highest BCUT2D eigenvalue weighted by Gasteiger charge is 2.31. The van der Waals surface area contributed by atoms with Crippen molar-refractivity contribution in [2.24, 2.45) is 5.92 Å². The minimum Gasteiger partial charge on any atom is -0.454 e. The lowest BCUT2D eigenvalue weighted by Gasteiger charge is -2.31. The molecule has 0 spiro atoms. The number of amides is 3. The zero-order valence-electron chi connectivity index (χ0n) is 19.5. The van der Waals surface area contributed by atoms with Gasteiger partial charge in [-0.25, -0.2) is 4.79 Å². The first-order valence-corrected chi connectivity index (χ1v) is 11.6. The Kier molecular flexibility index (Phi) is 6.95. The van der Waals surface area contributed by atoms with Crippen molar-refractivity contribution in [2.45, 2.75) is 39.2 Å². The summed E-state index contributed by atoms with van der Waals surface area (Å²) in [6, 6.07) is 14.3. The Labute approximate surface area is 198 Å². The number of urea groups is 1. The number of likely N-dealkylation sites (tertiary alicyclic amines) is 1. The smallest absolute Gasteiger partial charge is 0.321 e. The van der Waals surface area contributed by atoms with Crippen molar-refractivity contribution < 1.29 is 23.9 Å². The summed E-state index contributed by atoms with van der Waals surface area (Å²) in [6.45, 7) is 4.60. The maximum Gasteiger partial charge on any atom is 0.321 e. The molecule has 1 fully saturated rings. The predicted octanol–water partition coefficient (Wildman–Crippen LogP) is 3.65. The van der Waals surface area contributed by atoms with Crippen LogP contribution < -0.4 is 10.2 Å². The van der Waals surface area contributed by atoms with E-state index in [0.717, 1.165) is 16.9 Å². The molecule has 0 radical (unpaired) electrons. The molecular weight excluding hydrogens is 434 g/mol. The molecule has 1 saturated heterocycles. The van der Waals surface area contributed by atoms with Crippen LogP contribution in [0.2, 0.25) is 0 Å². The third-order valence-corrected chi connectivity index (χ3v) is 6.44. The van der Waals surface area contributed by atoms with Gasteiger partial charge in [-0.1, -0.05) is 18.2 Å². The Hall–Kier alpha value is -3.68. The highest BCUT2D eigenvalue weighted by atomic mass is 16.5. The number of ketones is 1. The van der Waals surface area contributed by atoms with Crippen LogP contribution in [0.15, 0.2) is 48.5 Å². The summed E-state index contributed by atoms with van der Waals surface area (Å²) in [4.78, 5) is 53.1. The Morgan fingerprint density at radius 1 is 1.00 bits per heavy atom. The van der Waals surface area contributed by atoms with Gasteiger partial charge in [0, 0.05) is 43.5 Å². The number of Topliss-reactive ketones (excluding diaryl/α,β-unsaturated/α-hetero) is 1. The number of hydrogen-bond donors (Lipinski definition) is 1. The van der Waals surface area contributed by atoms with Gasteiger partial charge in [-0.2, -0.15) is 0 Å². The van der Waals surface area contributed by atoms with Crippen LogP contribution in [0.5, 0.6) is 0 Å². The molecule has 0 aromatic heterocycles. The molecule has 8 heteroatoms. The average Bonchev–Trinajstić information content (AvgIpc) is 3.28. The SMILES string of the molecule is CC(=O)N1CCc2cc(C(=O)[C@H](C)OC(=O)C3CCN(C(=O)Nc4ccccc4)CC3)ccc21. The molecule has 2 heterocycles. The van der Waals surface area contributed by atoms with Gasteiger partial charge in [-0.15, -0.1) is 0 Å². The minimum absolute atomic E-state index is 0.0243. The van der Waals surface area contributed by atoms with Gasteiger partial charge in [0.25, 0.3) is 0 Å². The van der Waals surface area contributed by atoms with E-state index < -0.39 is 12.1 Å². The summed E-state index contributed by atoms with van der Waals surface area (Å²) >= 11 is 0. The maximum absolute atomic E-state index is 12.9. The van der Waals surface area contributed by atoms with E-state index in [1.54, 1.807) is 34.9 Å². The summed E-state index contributed by atoms with van der Waals surface area (Å²) < 4.78 is 5.50. The molecule has 178 valence electrons. The van der Waals surface area contributed by atoms with Crippen LogP contribution in [-0.4, -0.2) is 54.3 Å². The number of ether oxygens (including phenoxy) is 1. The van der Waals surface area contributed by atoms with Crippen LogP contribution in [0.25, 0.3) is 0 Å². The van der Waals surface area contributed by atoms with E-state index in [0.29, 0.717) is 44.5 Å². The Balaban J connectivity index is 1.28. The highest BCUT2D eigenvalue weighted by Crippen LogP contribution is 2.29. The summed E-state index contributed by atoms with van der Waals surface area (Å²) in [6.07, 6.45) is 0.763. The standard InChI is InChI=1S/C26H29N3O5/c1-17(24(31)21-8-9-23-20(16-21)12-15-29(23)18(2)30)34-25(32)19-10-13-28(14-11-19)26(33)27-22-6-4-3-5-7-22/h3-9,16-17,19H,10-15H2,1-2H3,(H,27,33)/t17-/m0/s1. The van der Waals surface area contributed by atoms with E-state index in [9.17, 15) is 19.2 Å². The number of nitrogens with zero attached hydrogens (tertiary/aromatic N) is 2. The molecule has 2 aromatic carbocycles. The molecule has 0 aliphatic carbocycles. The van der Waals surface area contributed by atoms with Crippen molar-refractivity contribution in [3.8, 4) is 0 Å². The van der Waals surface area contributed by atoms with E-state index in [-0.39, 0.29) is 23.6 Å². The largest absolute Gasteiger partial charge is 0.454 e. The van der Waals surface area contributed by atoms with Crippen molar-refractivity contribution in [1.29, 1.82) is 0 Å². The average molecular weight is 464 g/mol. The second-order valence-electron chi connectivity index (χ2n) is 8.77. The number of piperidine rings is 1. The van der Waals surface area contributed by atoms with Gasteiger partial charge in [-0.05, 0) is 62.1 Å². The fourth-order valence-corrected chi connectivity index (χ4v) is 4.48. The number of hydrogen-bond acceptors (Lipinski definition) is 5. The molecule has 0 unspecified atom stereocenters. The van der Waals surface area contributed by atoms with E-state index in [1.807, 2.05) is 30.3 Å². The number of esters is 1. The first-order chi connectivity index (χ1) is 16.3. The van der Waals surface area contributed by atoms with Crippen LogP contribution in [0, 0.1) is 5.92 Å². The van der Waals surface area contributed by atoms with Gasteiger partial charge in [-0.3, -0.25) is 14.4 Å². The van der Waals surface area contributed by atoms with Crippen molar-refractivity contribution in [3.05, 3.63) is 59.7 Å². The van der Waals surface area contributed by atoms with Gasteiger partial charge in [0.15, 0.2) is 6.10 Å². The predicted molar refractivity (Wildman–Crippen MR) is 128 cm³/mol. The summed E-state index contributed by atoms with van der Waals surface area (Å²) in [5.74, 6) is -1.05. The fraction of sp³-hybridized carbons (Fsp3) is 0.385. The molecule has 34 heavy (non-hydrogen) atoms. The van der Waals surface area contributed by atoms with Crippen molar-refractivity contribution in [2.75, 3.05) is 29.9 Å². The minimum atomic E-state index is -0.907. The molecule has 1 N–H and O–H groups in total.